The number of hydrogen-bond acceptors (Lipinski definition) is 3. The van der Waals surface area contributed by atoms with E-state index in [4.69, 9.17) is 4.98 Å². The van der Waals surface area contributed by atoms with Crippen LogP contribution in [0.2, 0.25) is 0 Å². The molecule has 3 aromatic rings. The average Bonchev–Trinajstić information content (AvgIpc) is 3.13. The Bertz CT molecular complexity index is 1030. The van der Waals surface area contributed by atoms with Gasteiger partial charge in [-0.2, -0.15) is 0 Å². The van der Waals surface area contributed by atoms with Crippen LogP contribution in [0.25, 0.3) is 10.9 Å². The molecule has 1 unspecified atom stereocenters. The van der Waals surface area contributed by atoms with Crippen LogP contribution in [0, 0.1) is 5.82 Å². The van der Waals surface area contributed by atoms with Gasteiger partial charge in [-0.15, -0.1) is 0 Å². The zero-order chi connectivity index (χ0) is 19.7. The minimum Gasteiger partial charge on any atom is -0.350 e. The fourth-order valence-corrected chi connectivity index (χ4v) is 4.06. The first-order valence-corrected chi connectivity index (χ1v) is 9.65. The van der Waals surface area contributed by atoms with Gasteiger partial charge in [0, 0.05) is 17.6 Å². The Morgan fingerprint density at radius 1 is 1.18 bits per heavy atom. The number of nitrogens with zero attached hydrogens (tertiary/aromatic N) is 2. The fraction of sp³-hybridized carbons (Fsp3) is 0.304. The quantitative estimate of drug-likeness (QED) is 0.734. The topological polar surface area (TPSA) is 45.2 Å². The monoisotopic (exact) mass is 377 g/mol. The molecule has 1 amide bonds. The first-order chi connectivity index (χ1) is 13.5. The lowest BCUT2D eigenvalue weighted by Crippen LogP contribution is -2.35. The third-order valence-electron chi connectivity index (χ3n) is 5.46. The number of pyridine rings is 1. The van der Waals surface area contributed by atoms with E-state index in [1.54, 1.807) is 6.07 Å². The van der Waals surface area contributed by atoms with Gasteiger partial charge in [0.2, 0.25) is 0 Å². The maximum atomic E-state index is 13.7. The lowest BCUT2D eigenvalue weighted by Gasteiger charge is -2.25. The number of hydrogen-bond donors (Lipinski definition) is 1. The maximum absolute atomic E-state index is 13.7. The summed E-state index contributed by atoms with van der Waals surface area (Å²) >= 11 is 0. The smallest absolute Gasteiger partial charge is 0.252 e. The van der Waals surface area contributed by atoms with Gasteiger partial charge in [0.05, 0.1) is 17.1 Å². The molecule has 0 saturated heterocycles. The van der Waals surface area contributed by atoms with E-state index in [9.17, 15) is 9.18 Å². The summed E-state index contributed by atoms with van der Waals surface area (Å²) in [6.07, 6.45) is 2.84. The number of amides is 1. The number of fused-ring (bicyclic) bond motifs is 2. The SMILES string of the molecule is CN(C)C(CNC(=O)c1c2c(nc3ccccc13)CCC2)c1cccc(F)c1. The molecule has 4 rings (SSSR count). The Balaban J connectivity index is 1.64. The van der Waals surface area contributed by atoms with Crippen LogP contribution >= 0.6 is 0 Å². The van der Waals surface area contributed by atoms with Crippen LogP contribution in [-0.2, 0) is 12.8 Å². The number of para-hydroxylation sites is 1. The van der Waals surface area contributed by atoms with E-state index in [0.29, 0.717) is 6.54 Å². The number of aromatic nitrogens is 1. The molecule has 1 aromatic heterocycles. The summed E-state index contributed by atoms with van der Waals surface area (Å²) in [5, 5.41) is 3.99. The molecule has 1 aliphatic rings. The second-order valence-corrected chi connectivity index (χ2v) is 7.53. The lowest BCUT2D eigenvalue weighted by molar-refractivity contribution is 0.0942. The molecule has 1 N–H and O–H groups in total. The Hall–Kier alpha value is -2.79. The number of carbonyl (C=O) groups excluding carboxylic acids is 1. The van der Waals surface area contributed by atoms with E-state index in [1.165, 1.54) is 12.1 Å². The fourth-order valence-electron chi connectivity index (χ4n) is 4.06. The maximum Gasteiger partial charge on any atom is 0.252 e. The molecule has 0 spiro atoms. The molecule has 28 heavy (non-hydrogen) atoms. The molecular formula is C23H24FN3O. The Kier molecular flexibility index (Phi) is 5.09. The van der Waals surface area contributed by atoms with Crippen molar-refractivity contribution in [2.75, 3.05) is 20.6 Å². The zero-order valence-corrected chi connectivity index (χ0v) is 16.2. The average molecular weight is 377 g/mol. The zero-order valence-electron chi connectivity index (χ0n) is 16.2. The molecule has 0 saturated carbocycles. The van der Waals surface area contributed by atoms with E-state index < -0.39 is 0 Å². The van der Waals surface area contributed by atoms with Crippen LogP contribution in [-0.4, -0.2) is 36.4 Å². The summed E-state index contributed by atoms with van der Waals surface area (Å²) in [4.78, 5) is 20.0. The molecule has 0 radical (unpaired) electrons. The third-order valence-corrected chi connectivity index (χ3v) is 5.46. The van der Waals surface area contributed by atoms with Crippen LogP contribution in [0.1, 0.15) is 39.6 Å². The number of rotatable bonds is 5. The van der Waals surface area contributed by atoms with Crippen molar-refractivity contribution in [3.05, 3.63) is 76.7 Å². The van der Waals surface area contributed by atoms with Gasteiger partial charge in [-0.1, -0.05) is 30.3 Å². The minimum absolute atomic E-state index is 0.0833. The summed E-state index contributed by atoms with van der Waals surface area (Å²) < 4.78 is 13.7. The van der Waals surface area contributed by atoms with Gasteiger partial charge in [0.15, 0.2) is 0 Å². The number of likely N-dealkylation sites (N-methyl/N-ethyl adjacent to an activating group) is 1. The van der Waals surface area contributed by atoms with Crippen molar-refractivity contribution in [3.63, 3.8) is 0 Å². The van der Waals surface area contributed by atoms with E-state index in [1.807, 2.05) is 49.3 Å². The highest BCUT2D eigenvalue weighted by Gasteiger charge is 2.24. The van der Waals surface area contributed by atoms with Gasteiger partial charge < -0.3 is 10.2 Å². The Morgan fingerprint density at radius 2 is 2.00 bits per heavy atom. The summed E-state index contributed by atoms with van der Waals surface area (Å²) in [5.41, 5.74) is 4.56. The molecule has 1 atom stereocenters. The van der Waals surface area contributed by atoms with Crippen LogP contribution < -0.4 is 5.32 Å². The van der Waals surface area contributed by atoms with E-state index >= 15 is 0 Å². The molecule has 5 heteroatoms. The van der Waals surface area contributed by atoms with Crippen molar-refractivity contribution in [3.8, 4) is 0 Å². The molecule has 1 heterocycles. The summed E-state index contributed by atoms with van der Waals surface area (Å²) in [5.74, 6) is -0.353. The van der Waals surface area contributed by atoms with Gasteiger partial charge in [0.25, 0.3) is 5.91 Å². The van der Waals surface area contributed by atoms with Crippen molar-refractivity contribution >= 4 is 16.8 Å². The van der Waals surface area contributed by atoms with Gasteiger partial charge in [-0.3, -0.25) is 9.78 Å². The predicted molar refractivity (Wildman–Crippen MR) is 109 cm³/mol. The first kappa shape index (κ1) is 18.6. The third kappa shape index (κ3) is 3.50. The highest BCUT2D eigenvalue weighted by atomic mass is 19.1. The van der Waals surface area contributed by atoms with Gasteiger partial charge in [-0.05, 0) is 62.7 Å². The van der Waals surface area contributed by atoms with E-state index in [-0.39, 0.29) is 17.8 Å². The summed E-state index contributed by atoms with van der Waals surface area (Å²) in [6, 6.07) is 14.2. The van der Waals surface area contributed by atoms with Crippen molar-refractivity contribution in [2.24, 2.45) is 0 Å². The Labute approximate surface area is 164 Å². The van der Waals surface area contributed by atoms with Crippen LogP contribution in [0.15, 0.2) is 48.5 Å². The van der Waals surface area contributed by atoms with Crippen LogP contribution in [0.4, 0.5) is 4.39 Å². The van der Waals surface area contributed by atoms with Crippen molar-refractivity contribution in [2.45, 2.75) is 25.3 Å². The second kappa shape index (κ2) is 7.68. The molecule has 144 valence electrons. The molecule has 0 fully saturated rings. The van der Waals surface area contributed by atoms with Crippen molar-refractivity contribution in [1.29, 1.82) is 0 Å². The number of nitrogens with one attached hydrogen (secondary N) is 1. The Morgan fingerprint density at radius 3 is 2.79 bits per heavy atom. The number of carbonyl (C=O) groups is 1. The number of aryl methyl sites for hydroxylation is 1. The highest BCUT2D eigenvalue weighted by Crippen LogP contribution is 2.30. The predicted octanol–water partition coefficient (Wildman–Crippen LogP) is 3.90. The van der Waals surface area contributed by atoms with Gasteiger partial charge in [-0.25, -0.2) is 4.39 Å². The van der Waals surface area contributed by atoms with Crippen molar-refractivity contribution < 1.29 is 9.18 Å². The highest BCUT2D eigenvalue weighted by molar-refractivity contribution is 6.07. The molecular weight excluding hydrogens is 353 g/mol. The molecule has 4 nitrogen and oxygen atoms in total. The van der Waals surface area contributed by atoms with Crippen molar-refractivity contribution in [1.82, 2.24) is 15.2 Å². The molecule has 0 aliphatic heterocycles. The van der Waals surface area contributed by atoms with Crippen LogP contribution in [0.3, 0.4) is 0 Å². The molecule has 2 aromatic carbocycles. The lowest BCUT2D eigenvalue weighted by atomic mass is 10.00. The van der Waals surface area contributed by atoms with Crippen LogP contribution in [0.5, 0.6) is 0 Å². The van der Waals surface area contributed by atoms with Gasteiger partial charge >= 0.3 is 0 Å². The minimum atomic E-state index is -0.270. The standard InChI is InChI=1S/C23H24FN3O/c1-27(2)21(15-7-5-8-16(24)13-15)14-25-23(28)22-17-9-3-4-11-19(17)26-20-12-6-10-18(20)22/h3-5,7-9,11,13,21H,6,10,12,14H2,1-2H3,(H,25,28). The molecule has 1 aliphatic carbocycles. The second-order valence-electron chi connectivity index (χ2n) is 7.53. The normalized spacial score (nSPS) is 14.3. The first-order valence-electron chi connectivity index (χ1n) is 9.65. The molecule has 0 bridgehead atoms. The summed E-state index contributed by atoms with van der Waals surface area (Å²) in [6.45, 7) is 0.403. The van der Waals surface area contributed by atoms with Gasteiger partial charge in [0.1, 0.15) is 5.82 Å². The largest absolute Gasteiger partial charge is 0.350 e. The number of halogens is 1. The number of benzene rings is 2. The van der Waals surface area contributed by atoms with E-state index in [2.05, 4.69) is 5.32 Å². The van der Waals surface area contributed by atoms with E-state index in [0.717, 1.165) is 52.5 Å². The summed E-state index contributed by atoms with van der Waals surface area (Å²) in [7, 11) is 3.86.